The topological polar surface area (TPSA) is 37.4 Å². The van der Waals surface area contributed by atoms with E-state index in [1.165, 1.54) is 0 Å². The van der Waals surface area contributed by atoms with Gasteiger partial charge in [-0.1, -0.05) is 60.7 Å². The van der Waals surface area contributed by atoms with Gasteiger partial charge < -0.3 is 4.90 Å². The molecular weight excluding hydrogens is 286 g/mol. The maximum absolute atomic E-state index is 11.6. The number of allylic oxidation sites excluding steroid dienone is 2. The summed E-state index contributed by atoms with van der Waals surface area (Å²) >= 11 is 0. The second-order valence-corrected chi connectivity index (χ2v) is 5.50. The lowest BCUT2D eigenvalue weighted by Crippen LogP contribution is -2.22. The van der Waals surface area contributed by atoms with Crippen LogP contribution in [0.15, 0.2) is 84.2 Å². The Morgan fingerprint density at radius 1 is 0.783 bits per heavy atom. The van der Waals surface area contributed by atoms with Gasteiger partial charge in [-0.3, -0.25) is 9.59 Å². The average molecular weight is 303 g/mol. The molecule has 0 atom stereocenters. The van der Waals surface area contributed by atoms with E-state index in [1.54, 1.807) is 0 Å². The molecule has 1 heterocycles. The first-order valence-corrected chi connectivity index (χ1v) is 7.50. The number of benzene rings is 2. The normalized spacial score (nSPS) is 14.9. The van der Waals surface area contributed by atoms with Gasteiger partial charge in [0.15, 0.2) is 0 Å². The van der Waals surface area contributed by atoms with E-state index in [4.69, 9.17) is 0 Å². The van der Waals surface area contributed by atoms with Crippen molar-refractivity contribution in [3.63, 3.8) is 0 Å². The van der Waals surface area contributed by atoms with Crippen LogP contribution < -0.4 is 0 Å². The maximum atomic E-state index is 11.6. The van der Waals surface area contributed by atoms with Crippen molar-refractivity contribution in [2.45, 2.75) is 12.5 Å². The summed E-state index contributed by atoms with van der Waals surface area (Å²) in [5.41, 5.74) is 3.26. The molecule has 3 nitrogen and oxygen atoms in total. The molecule has 0 aliphatic carbocycles. The molecule has 3 heteroatoms. The molecule has 0 aromatic heterocycles. The molecule has 3 rings (SSSR count). The minimum atomic E-state index is -0.293. The zero-order chi connectivity index (χ0) is 16.1. The van der Waals surface area contributed by atoms with E-state index in [0.717, 1.165) is 23.7 Å². The van der Waals surface area contributed by atoms with E-state index >= 15 is 0 Å². The first-order chi connectivity index (χ1) is 11.3. The molecule has 0 N–H and O–H groups in total. The molecule has 23 heavy (non-hydrogen) atoms. The van der Waals surface area contributed by atoms with Crippen molar-refractivity contribution in [3.05, 3.63) is 95.3 Å². The van der Waals surface area contributed by atoms with Gasteiger partial charge in [0.25, 0.3) is 0 Å². The summed E-state index contributed by atoms with van der Waals surface area (Å²) in [6, 6.07) is 19.6. The Hall–Kier alpha value is -2.94. The monoisotopic (exact) mass is 303 g/mol. The molecule has 0 saturated heterocycles. The Balaban J connectivity index is 1.93. The summed E-state index contributed by atoms with van der Waals surface area (Å²) < 4.78 is 0. The van der Waals surface area contributed by atoms with E-state index in [9.17, 15) is 9.59 Å². The number of carbonyl (C=O) groups is 2. The zero-order valence-corrected chi connectivity index (χ0v) is 12.6. The minimum absolute atomic E-state index is 0.293. The zero-order valence-electron chi connectivity index (χ0n) is 12.6. The highest BCUT2D eigenvalue weighted by Crippen LogP contribution is 2.33. The highest BCUT2D eigenvalue weighted by Gasteiger charge is 2.25. The van der Waals surface area contributed by atoms with Crippen molar-refractivity contribution < 1.29 is 9.59 Å². The largest absolute Gasteiger partial charge is 0.349 e. The third kappa shape index (κ3) is 3.29. The predicted molar refractivity (Wildman–Crippen MR) is 89.5 cm³/mol. The molecule has 0 radical (unpaired) electrons. The van der Waals surface area contributed by atoms with Crippen LogP contribution in [0.25, 0.3) is 0 Å². The van der Waals surface area contributed by atoms with Crippen LogP contribution in [0.2, 0.25) is 0 Å². The van der Waals surface area contributed by atoms with Crippen molar-refractivity contribution >= 4 is 12.6 Å². The van der Waals surface area contributed by atoms with E-state index < -0.39 is 0 Å². The Labute approximate surface area is 135 Å². The van der Waals surface area contributed by atoms with E-state index in [1.807, 2.05) is 78.0 Å². The molecule has 0 fully saturated rings. The van der Waals surface area contributed by atoms with Crippen LogP contribution in [0.1, 0.15) is 17.0 Å². The van der Waals surface area contributed by atoms with E-state index in [2.05, 4.69) is 0 Å². The molecule has 0 unspecified atom stereocenters. The number of carbonyl (C=O) groups excluding carboxylic acids is 2. The van der Waals surface area contributed by atoms with Crippen LogP contribution in [-0.2, 0) is 16.1 Å². The molecule has 1 aliphatic rings. The number of rotatable bonds is 5. The van der Waals surface area contributed by atoms with Crippen LogP contribution in [-0.4, -0.2) is 17.5 Å². The summed E-state index contributed by atoms with van der Waals surface area (Å²) in [5, 5.41) is 0. The van der Waals surface area contributed by atoms with Gasteiger partial charge in [0.2, 0.25) is 0 Å². The number of aldehydes is 2. The van der Waals surface area contributed by atoms with Crippen LogP contribution in [0, 0.1) is 0 Å². The van der Waals surface area contributed by atoms with Crippen molar-refractivity contribution in [2.24, 2.45) is 0 Å². The lowest BCUT2D eigenvalue weighted by atomic mass is 9.84. The van der Waals surface area contributed by atoms with Gasteiger partial charge in [-0.25, -0.2) is 0 Å². The number of hydrogen-bond acceptors (Lipinski definition) is 3. The summed E-state index contributed by atoms with van der Waals surface area (Å²) in [5.74, 6) is -0.293. The van der Waals surface area contributed by atoms with Crippen molar-refractivity contribution in [3.8, 4) is 0 Å². The lowest BCUT2D eigenvalue weighted by Gasteiger charge is -2.28. The standard InChI is InChI=1S/C20H17NO2/c22-14-18-12-21(11-16-7-3-1-4-8-16)13-19(15-23)20(18)17-9-5-2-6-10-17/h1-10,12-15,20H,11H2. The van der Waals surface area contributed by atoms with Crippen molar-refractivity contribution in [1.82, 2.24) is 4.90 Å². The minimum Gasteiger partial charge on any atom is -0.349 e. The third-order valence-electron chi connectivity index (χ3n) is 3.91. The van der Waals surface area contributed by atoms with Gasteiger partial charge in [-0.2, -0.15) is 0 Å². The molecule has 2 aromatic rings. The summed E-state index contributed by atoms with van der Waals surface area (Å²) in [6.45, 7) is 0.622. The second-order valence-electron chi connectivity index (χ2n) is 5.50. The number of hydrogen-bond donors (Lipinski definition) is 0. The Morgan fingerprint density at radius 2 is 1.30 bits per heavy atom. The SMILES string of the molecule is O=CC1=CN(Cc2ccccc2)C=C(C=O)C1c1ccccc1. The lowest BCUT2D eigenvalue weighted by molar-refractivity contribution is -0.105. The molecule has 114 valence electrons. The fraction of sp³-hybridized carbons (Fsp3) is 0.100. The molecule has 0 spiro atoms. The van der Waals surface area contributed by atoms with Gasteiger partial charge >= 0.3 is 0 Å². The fourth-order valence-electron chi connectivity index (χ4n) is 2.87. The number of nitrogens with zero attached hydrogens (tertiary/aromatic N) is 1. The van der Waals surface area contributed by atoms with Crippen LogP contribution in [0.3, 0.4) is 0 Å². The Bertz CT molecular complexity index is 722. The summed E-state index contributed by atoms with van der Waals surface area (Å²) in [7, 11) is 0. The molecule has 0 amide bonds. The third-order valence-corrected chi connectivity index (χ3v) is 3.91. The first kappa shape index (κ1) is 15.0. The summed E-state index contributed by atoms with van der Waals surface area (Å²) in [6.07, 6.45) is 5.33. The van der Waals surface area contributed by atoms with Crippen molar-refractivity contribution in [2.75, 3.05) is 0 Å². The predicted octanol–water partition coefficient (Wildman–Crippen LogP) is 3.45. The van der Waals surface area contributed by atoms with Gasteiger partial charge in [-0.15, -0.1) is 0 Å². The Morgan fingerprint density at radius 3 is 1.83 bits per heavy atom. The Kier molecular flexibility index (Phi) is 4.48. The molecule has 2 aromatic carbocycles. The molecular formula is C20H17NO2. The van der Waals surface area contributed by atoms with E-state index in [0.29, 0.717) is 17.7 Å². The van der Waals surface area contributed by atoms with Crippen molar-refractivity contribution in [1.29, 1.82) is 0 Å². The molecule has 0 bridgehead atoms. The van der Waals surface area contributed by atoms with E-state index in [-0.39, 0.29) is 5.92 Å². The summed E-state index contributed by atoms with van der Waals surface area (Å²) in [4.78, 5) is 25.0. The molecule has 0 saturated carbocycles. The fourth-order valence-corrected chi connectivity index (χ4v) is 2.87. The van der Waals surface area contributed by atoms with Gasteiger partial charge in [0.1, 0.15) is 12.6 Å². The van der Waals surface area contributed by atoms with Gasteiger partial charge in [0, 0.05) is 36.0 Å². The molecule has 1 aliphatic heterocycles. The van der Waals surface area contributed by atoms with Gasteiger partial charge in [-0.05, 0) is 11.1 Å². The quantitative estimate of drug-likeness (QED) is 0.794. The average Bonchev–Trinajstić information content (AvgIpc) is 2.62. The van der Waals surface area contributed by atoms with Crippen LogP contribution in [0.5, 0.6) is 0 Å². The van der Waals surface area contributed by atoms with Crippen LogP contribution in [0.4, 0.5) is 0 Å². The highest BCUT2D eigenvalue weighted by molar-refractivity contribution is 5.86. The highest BCUT2D eigenvalue weighted by atomic mass is 16.1. The van der Waals surface area contributed by atoms with Gasteiger partial charge in [0.05, 0.1) is 0 Å². The smallest absolute Gasteiger partial charge is 0.148 e. The maximum Gasteiger partial charge on any atom is 0.148 e. The first-order valence-electron chi connectivity index (χ1n) is 7.50. The second kappa shape index (κ2) is 6.88. The van der Waals surface area contributed by atoms with Crippen LogP contribution >= 0.6 is 0 Å².